The van der Waals surface area contributed by atoms with Gasteiger partial charge in [-0.05, 0) is 25.1 Å². The SMILES string of the molecule is CC1CC(Oc2ccccc2)c2ccccc2N1. The highest BCUT2D eigenvalue weighted by Gasteiger charge is 2.25. The molecule has 2 heteroatoms. The highest BCUT2D eigenvalue weighted by atomic mass is 16.5. The Morgan fingerprint density at radius 3 is 2.56 bits per heavy atom. The zero-order valence-electron chi connectivity index (χ0n) is 10.5. The predicted molar refractivity (Wildman–Crippen MR) is 74.0 cm³/mol. The first-order valence-corrected chi connectivity index (χ1v) is 6.40. The number of benzene rings is 2. The van der Waals surface area contributed by atoms with Gasteiger partial charge < -0.3 is 10.1 Å². The average molecular weight is 239 g/mol. The molecule has 0 radical (unpaired) electrons. The van der Waals surface area contributed by atoms with E-state index in [0.29, 0.717) is 6.04 Å². The first-order valence-electron chi connectivity index (χ1n) is 6.40. The molecule has 2 unspecified atom stereocenters. The zero-order valence-corrected chi connectivity index (χ0v) is 10.5. The molecule has 2 atom stereocenters. The van der Waals surface area contributed by atoms with E-state index in [-0.39, 0.29) is 6.10 Å². The van der Waals surface area contributed by atoms with Gasteiger partial charge in [0.15, 0.2) is 0 Å². The quantitative estimate of drug-likeness (QED) is 0.855. The van der Waals surface area contributed by atoms with Crippen molar-refractivity contribution >= 4 is 5.69 Å². The molecule has 2 aromatic carbocycles. The Morgan fingerprint density at radius 2 is 1.72 bits per heavy atom. The highest BCUT2D eigenvalue weighted by molar-refractivity contribution is 5.55. The molecule has 0 saturated carbocycles. The summed E-state index contributed by atoms with van der Waals surface area (Å²) >= 11 is 0. The summed E-state index contributed by atoms with van der Waals surface area (Å²) in [6, 6.07) is 18.9. The maximum absolute atomic E-state index is 6.11. The Hall–Kier alpha value is -1.96. The van der Waals surface area contributed by atoms with E-state index < -0.39 is 0 Å². The van der Waals surface area contributed by atoms with Gasteiger partial charge in [0.05, 0.1) is 0 Å². The van der Waals surface area contributed by atoms with Gasteiger partial charge in [0.25, 0.3) is 0 Å². The Labute approximate surface area is 108 Å². The van der Waals surface area contributed by atoms with Crippen molar-refractivity contribution < 1.29 is 4.74 Å². The highest BCUT2D eigenvalue weighted by Crippen LogP contribution is 2.35. The molecule has 0 aliphatic carbocycles. The third-order valence-corrected chi connectivity index (χ3v) is 3.30. The van der Waals surface area contributed by atoms with Crippen molar-refractivity contribution in [3.63, 3.8) is 0 Å². The number of hydrogen-bond acceptors (Lipinski definition) is 2. The number of anilines is 1. The molecule has 3 rings (SSSR count). The van der Waals surface area contributed by atoms with Crippen LogP contribution in [0.3, 0.4) is 0 Å². The lowest BCUT2D eigenvalue weighted by Gasteiger charge is -2.31. The Bertz CT molecular complexity index is 524. The number of hydrogen-bond donors (Lipinski definition) is 1. The van der Waals surface area contributed by atoms with Crippen molar-refractivity contribution in [1.82, 2.24) is 0 Å². The number of ether oxygens (including phenoxy) is 1. The minimum absolute atomic E-state index is 0.139. The van der Waals surface area contributed by atoms with Crippen molar-refractivity contribution in [3.8, 4) is 5.75 Å². The molecule has 2 aromatic rings. The molecule has 0 amide bonds. The van der Waals surface area contributed by atoms with E-state index in [1.807, 2.05) is 30.3 Å². The minimum Gasteiger partial charge on any atom is -0.486 e. The molecule has 18 heavy (non-hydrogen) atoms. The van der Waals surface area contributed by atoms with Crippen LogP contribution in [0.1, 0.15) is 25.0 Å². The maximum Gasteiger partial charge on any atom is 0.128 e. The second-order valence-corrected chi connectivity index (χ2v) is 4.79. The Morgan fingerprint density at radius 1 is 1.00 bits per heavy atom. The van der Waals surface area contributed by atoms with Crippen LogP contribution in [0.15, 0.2) is 54.6 Å². The van der Waals surface area contributed by atoms with Crippen molar-refractivity contribution in [1.29, 1.82) is 0 Å². The van der Waals surface area contributed by atoms with Crippen LogP contribution in [0.25, 0.3) is 0 Å². The van der Waals surface area contributed by atoms with Gasteiger partial charge in [0, 0.05) is 23.7 Å². The lowest BCUT2D eigenvalue weighted by molar-refractivity contribution is 0.185. The molecule has 0 saturated heterocycles. The molecular formula is C16H17NO. The standard InChI is InChI=1S/C16H17NO/c1-12-11-16(18-13-7-3-2-4-8-13)14-9-5-6-10-15(14)17-12/h2-10,12,16-17H,11H2,1H3. The lowest BCUT2D eigenvalue weighted by atomic mass is 9.96. The molecule has 0 spiro atoms. The van der Waals surface area contributed by atoms with Crippen molar-refractivity contribution in [2.24, 2.45) is 0 Å². The molecule has 1 aliphatic heterocycles. The summed E-state index contributed by atoms with van der Waals surface area (Å²) in [6.45, 7) is 2.19. The van der Waals surface area contributed by atoms with Gasteiger partial charge in [-0.1, -0.05) is 36.4 Å². The van der Waals surface area contributed by atoms with E-state index in [0.717, 1.165) is 12.2 Å². The van der Waals surface area contributed by atoms with Crippen LogP contribution in [-0.4, -0.2) is 6.04 Å². The summed E-state index contributed by atoms with van der Waals surface area (Å²) in [6.07, 6.45) is 1.13. The van der Waals surface area contributed by atoms with Crippen LogP contribution >= 0.6 is 0 Å². The fraction of sp³-hybridized carbons (Fsp3) is 0.250. The molecule has 2 nitrogen and oxygen atoms in total. The van der Waals surface area contributed by atoms with Gasteiger partial charge >= 0.3 is 0 Å². The zero-order chi connectivity index (χ0) is 12.4. The van der Waals surface area contributed by atoms with Gasteiger partial charge in [-0.2, -0.15) is 0 Å². The maximum atomic E-state index is 6.11. The van der Waals surface area contributed by atoms with Crippen LogP contribution in [0.2, 0.25) is 0 Å². The van der Waals surface area contributed by atoms with Crippen molar-refractivity contribution in [3.05, 3.63) is 60.2 Å². The fourth-order valence-corrected chi connectivity index (χ4v) is 2.46. The third kappa shape index (κ3) is 2.19. The summed E-state index contributed by atoms with van der Waals surface area (Å²) in [5.74, 6) is 0.936. The van der Waals surface area contributed by atoms with Gasteiger partial charge in [0.1, 0.15) is 11.9 Å². The van der Waals surface area contributed by atoms with E-state index in [1.54, 1.807) is 0 Å². The van der Waals surface area contributed by atoms with Crippen molar-refractivity contribution in [2.45, 2.75) is 25.5 Å². The van der Waals surface area contributed by atoms with Gasteiger partial charge in [-0.15, -0.1) is 0 Å². The van der Waals surface area contributed by atoms with Gasteiger partial charge in [-0.3, -0.25) is 0 Å². The first-order chi connectivity index (χ1) is 8.83. The van der Waals surface area contributed by atoms with Crippen LogP contribution in [0.5, 0.6) is 5.75 Å². The summed E-state index contributed by atoms with van der Waals surface area (Å²) in [7, 11) is 0. The van der Waals surface area contributed by atoms with E-state index in [2.05, 4.69) is 36.5 Å². The van der Waals surface area contributed by atoms with Crippen LogP contribution < -0.4 is 10.1 Å². The smallest absolute Gasteiger partial charge is 0.128 e. The molecule has 0 bridgehead atoms. The molecule has 1 aliphatic rings. The summed E-state index contributed by atoms with van der Waals surface area (Å²) in [5.41, 5.74) is 2.44. The normalized spacial score (nSPS) is 21.8. The lowest BCUT2D eigenvalue weighted by Crippen LogP contribution is -2.27. The molecule has 0 aromatic heterocycles. The Balaban J connectivity index is 1.89. The van der Waals surface area contributed by atoms with E-state index in [9.17, 15) is 0 Å². The van der Waals surface area contributed by atoms with E-state index >= 15 is 0 Å². The summed E-state index contributed by atoms with van der Waals surface area (Å²) < 4.78 is 6.11. The number of nitrogens with one attached hydrogen (secondary N) is 1. The van der Waals surface area contributed by atoms with Crippen LogP contribution in [-0.2, 0) is 0 Å². The summed E-state index contributed by atoms with van der Waals surface area (Å²) in [5, 5.41) is 3.50. The predicted octanol–water partition coefficient (Wildman–Crippen LogP) is 4.01. The number of fused-ring (bicyclic) bond motifs is 1. The van der Waals surface area contributed by atoms with Crippen molar-refractivity contribution in [2.75, 3.05) is 5.32 Å². The second kappa shape index (κ2) is 4.73. The van der Waals surface area contributed by atoms with Crippen LogP contribution in [0, 0.1) is 0 Å². The summed E-state index contributed by atoms with van der Waals surface area (Å²) in [4.78, 5) is 0. The van der Waals surface area contributed by atoms with E-state index in [1.165, 1.54) is 11.3 Å². The molecule has 1 N–H and O–H groups in total. The number of para-hydroxylation sites is 2. The fourth-order valence-electron chi connectivity index (χ4n) is 2.46. The van der Waals surface area contributed by atoms with E-state index in [4.69, 9.17) is 4.74 Å². The van der Waals surface area contributed by atoms with Crippen LogP contribution in [0.4, 0.5) is 5.69 Å². The average Bonchev–Trinajstić information content (AvgIpc) is 2.40. The first kappa shape index (κ1) is 11.1. The van der Waals surface area contributed by atoms with Gasteiger partial charge in [-0.25, -0.2) is 0 Å². The largest absolute Gasteiger partial charge is 0.486 e. The van der Waals surface area contributed by atoms with Gasteiger partial charge in [0.2, 0.25) is 0 Å². The Kier molecular flexibility index (Phi) is 2.93. The molecular weight excluding hydrogens is 222 g/mol. The topological polar surface area (TPSA) is 21.3 Å². The molecule has 0 fully saturated rings. The number of rotatable bonds is 2. The third-order valence-electron chi connectivity index (χ3n) is 3.30. The second-order valence-electron chi connectivity index (χ2n) is 4.79. The monoisotopic (exact) mass is 239 g/mol. The molecule has 1 heterocycles. The molecule has 92 valence electrons. The minimum atomic E-state index is 0.139.